The molecule has 3 aliphatic rings. The van der Waals surface area contributed by atoms with E-state index in [1.54, 1.807) is 7.11 Å². The molecule has 2 fully saturated rings. The number of nitrogens with one attached hydrogen (secondary N) is 2. The fourth-order valence-corrected chi connectivity index (χ4v) is 5.72. The first-order valence-electron chi connectivity index (χ1n) is 13.2. The van der Waals surface area contributed by atoms with Crippen molar-refractivity contribution in [3.05, 3.63) is 53.9 Å². The minimum Gasteiger partial charge on any atom is -0.497 e. The van der Waals surface area contributed by atoms with Gasteiger partial charge in [-0.05, 0) is 50.8 Å². The highest BCUT2D eigenvalue weighted by Gasteiger charge is 2.46. The van der Waals surface area contributed by atoms with E-state index in [9.17, 15) is 4.79 Å². The number of nitrogens with zero attached hydrogens (tertiary/aromatic N) is 5. The van der Waals surface area contributed by atoms with Gasteiger partial charge in [0, 0.05) is 37.7 Å². The van der Waals surface area contributed by atoms with Gasteiger partial charge in [-0.2, -0.15) is 15.4 Å². The van der Waals surface area contributed by atoms with Crippen LogP contribution in [0.15, 0.2) is 53.2 Å². The number of amidine groups is 1. The molecule has 1 unspecified atom stereocenters. The number of aliphatic imine (C=N–C) groups is 1. The van der Waals surface area contributed by atoms with Gasteiger partial charge in [0.15, 0.2) is 0 Å². The van der Waals surface area contributed by atoms with Crippen LogP contribution in [0.4, 0.5) is 0 Å². The number of aromatic amines is 1. The molecule has 3 aliphatic heterocycles. The number of amides is 1. The number of hydrogen-bond donors (Lipinski definition) is 2. The van der Waals surface area contributed by atoms with Crippen molar-refractivity contribution < 1.29 is 9.53 Å². The fraction of sp³-hybridized carbons (Fsp3) is 0.500. The Morgan fingerprint density at radius 2 is 2.03 bits per heavy atom. The van der Waals surface area contributed by atoms with Gasteiger partial charge in [0.1, 0.15) is 28.5 Å². The lowest BCUT2D eigenvalue weighted by atomic mass is 9.83. The van der Waals surface area contributed by atoms with Crippen molar-refractivity contribution in [3.63, 3.8) is 0 Å². The Bertz CT molecular complexity index is 1220. The second-order valence-corrected chi connectivity index (χ2v) is 10.5. The zero-order valence-corrected chi connectivity index (χ0v) is 22.1. The topological polar surface area (TPSA) is 98.7 Å². The first-order chi connectivity index (χ1) is 17.9. The number of ether oxygens (including phenoxy) is 1. The third-order valence-corrected chi connectivity index (χ3v) is 7.87. The molecule has 1 amide bonds. The van der Waals surface area contributed by atoms with E-state index >= 15 is 0 Å². The first kappa shape index (κ1) is 25.2. The molecular formula is C28H37N7O2. The van der Waals surface area contributed by atoms with Crippen molar-refractivity contribution in [3.8, 4) is 17.0 Å². The zero-order valence-electron chi connectivity index (χ0n) is 22.1. The summed E-state index contributed by atoms with van der Waals surface area (Å²) >= 11 is 0. The quantitative estimate of drug-likeness (QED) is 0.662. The lowest BCUT2D eigenvalue weighted by molar-refractivity contribution is -0.144. The monoisotopic (exact) mass is 503 g/mol. The maximum atomic E-state index is 13.8. The molecule has 1 atom stereocenters. The number of carbonyl (C=O) groups is 1. The van der Waals surface area contributed by atoms with Crippen LogP contribution >= 0.6 is 0 Å². The third kappa shape index (κ3) is 5.18. The molecule has 9 nitrogen and oxygen atoms in total. The van der Waals surface area contributed by atoms with Crippen molar-refractivity contribution >= 4 is 11.7 Å². The Labute approximate surface area is 218 Å². The molecule has 2 aromatic rings. The molecule has 1 aromatic heterocycles. The van der Waals surface area contributed by atoms with Crippen LogP contribution in [-0.2, 0) is 11.3 Å². The molecule has 196 valence electrons. The van der Waals surface area contributed by atoms with E-state index in [4.69, 9.17) is 9.73 Å². The highest BCUT2D eigenvalue weighted by Crippen LogP contribution is 2.31. The largest absolute Gasteiger partial charge is 0.497 e. The molecule has 0 bridgehead atoms. The summed E-state index contributed by atoms with van der Waals surface area (Å²) in [4.78, 5) is 23.0. The molecule has 0 saturated carbocycles. The van der Waals surface area contributed by atoms with Crippen LogP contribution in [0.25, 0.3) is 11.3 Å². The molecule has 1 spiro atoms. The standard InChI is InChI=1S/C28H37N7O2/c1-19-8-9-20(2)26(30-21(3)16-19)34-13-10-28(11-14-34)27(36)35(15-12-29-28)18-24-25(32-33-31-24)22-6-5-7-23(17-22)37-4/h5-7,16-17,20,29H,3,8-15,18H2,1-2,4H3,(H,31,32,33)/b19-16-,30-26?. The van der Waals surface area contributed by atoms with Crippen LogP contribution in [0.2, 0.25) is 0 Å². The fourth-order valence-electron chi connectivity index (χ4n) is 5.72. The van der Waals surface area contributed by atoms with Crippen molar-refractivity contribution in [2.75, 3.05) is 33.3 Å². The summed E-state index contributed by atoms with van der Waals surface area (Å²) in [6.07, 6.45) is 5.72. The second-order valence-electron chi connectivity index (χ2n) is 10.5. The van der Waals surface area contributed by atoms with E-state index in [1.807, 2.05) is 29.2 Å². The number of allylic oxidation sites excluding steroid dienone is 2. The summed E-state index contributed by atoms with van der Waals surface area (Å²) in [5.74, 6) is 2.37. The Hall–Kier alpha value is -3.46. The zero-order chi connectivity index (χ0) is 26.0. The van der Waals surface area contributed by atoms with Crippen LogP contribution in [-0.4, -0.2) is 75.8 Å². The van der Waals surface area contributed by atoms with Crippen LogP contribution < -0.4 is 10.1 Å². The predicted octanol–water partition coefficient (Wildman–Crippen LogP) is 3.54. The molecule has 5 rings (SSSR count). The SMILES string of the molecule is C=C1/C=C(/C)CCC(C)C(N2CCC3(CC2)NCCN(Cc2n[nH]nc2-c2cccc(OC)c2)C3=O)=N1. The average molecular weight is 504 g/mol. The molecule has 4 heterocycles. The van der Waals surface area contributed by atoms with Gasteiger partial charge in [-0.15, -0.1) is 0 Å². The summed E-state index contributed by atoms with van der Waals surface area (Å²) in [5.41, 5.74) is 4.01. The summed E-state index contributed by atoms with van der Waals surface area (Å²) in [6.45, 7) is 12.0. The number of piperazine rings is 1. The van der Waals surface area contributed by atoms with Crippen LogP contribution in [0.3, 0.4) is 0 Å². The maximum Gasteiger partial charge on any atom is 0.243 e. The lowest BCUT2D eigenvalue weighted by Gasteiger charge is -2.48. The van der Waals surface area contributed by atoms with Crippen LogP contribution in [0.5, 0.6) is 5.75 Å². The Kier molecular flexibility index (Phi) is 7.15. The van der Waals surface area contributed by atoms with Crippen LogP contribution in [0.1, 0.15) is 45.2 Å². The first-order valence-corrected chi connectivity index (χ1v) is 13.2. The maximum absolute atomic E-state index is 13.8. The van der Waals surface area contributed by atoms with Crippen molar-refractivity contribution in [2.45, 2.75) is 51.6 Å². The van der Waals surface area contributed by atoms with Gasteiger partial charge in [0.25, 0.3) is 0 Å². The van der Waals surface area contributed by atoms with Crippen molar-refractivity contribution in [1.82, 2.24) is 30.5 Å². The third-order valence-electron chi connectivity index (χ3n) is 7.87. The summed E-state index contributed by atoms with van der Waals surface area (Å²) in [7, 11) is 1.64. The Morgan fingerprint density at radius 1 is 1.22 bits per heavy atom. The number of aromatic nitrogens is 3. The molecule has 9 heteroatoms. The smallest absolute Gasteiger partial charge is 0.243 e. The number of rotatable bonds is 4. The number of benzene rings is 1. The number of methoxy groups -OCH3 is 1. The number of H-pyrrole nitrogens is 1. The molecule has 37 heavy (non-hydrogen) atoms. The van der Waals surface area contributed by atoms with Crippen LogP contribution in [0, 0.1) is 5.92 Å². The van der Waals surface area contributed by atoms with E-state index in [1.165, 1.54) is 5.57 Å². The van der Waals surface area contributed by atoms with Gasteiger partial charge >= 0.3 is 0 Å². The van der Waals surface area contributed by atoms with Gasteiger partial charge in [-0.1, -0.05) is 31.2 Å². The Balaban J connectivity index is 1.29. The molecule has 1 aromatic carbocycles. The minimum atomic E-state index is -0.548. The van der Waals surface area contributed by atoms with Crippen molar-refractivity contribution in [1.29, 1.82) is 0 Å². The molecular weight excluding hydrogens is 466 g/mol. The summed E-state index contributed by atoms with van der Waals surface area (Å²) < 4.78 is 5.37. The predicted molar refractivity (Wildman–Crippen MR) is 144 cm³/mol. The molecule has 2 N–H and O–H groups in total. The van der Waals surface area contributed by atoms with E-state index in [2.05, 4.69) is 52.1 Å². The number of likely N-dealkylation sites (tertiary alicyclic amines) is 1. The van der Waals surface area contributed by atoms with E-state index in [0.29, 0.717) is 19.0 Å². The van der Waals surface area contributed by atoms with Gasteiger partial charge in [-0.3, -0.25) is 4.79 Å². The van der Waals surface area contributed by atoms with E-state index in [-0.39, 0.29) is 5.91 Å². The molecule has 2 saturated heterocycles. The highest BCUT2D eigenvalue weighted by atomic mass is 16.5. The van der Waals surface area contributed by atoms with Gasteiger partial charge in [-0.25, -0.2) is 4.99 Å². The second kappa shape index (κ2) is 10.5. The van der Waals surface area contributed by atoms with E-state index in [0.717, 1.165) is 79.6 Å². The lowest BCUT2D eigenvalue weighted by Crippen LogP contribution is -2.67. The van der Waals surface area contributed by atoms with E-state index < -0.39 is 5.54 Å². The van der Waals surface area contributed by atoms with Crippen molar-refractivity contribution in [2.24, 2.45) is 10.9 Å². The molecule has 0 aliphatic carbocycles. The Morgan fingerprint density at radius 3 is 2.81 bits per heavy atom. The molecule has 0 radical (unpaired) electrons. The minimum absolute atomic E-state index is 0.147. The van der Waals surface area contributed by atoms with Gasteiger partial charge < -0.3 is 19.9 Å². The highest BCUT2D eigenvalue weighted by molar-refractivity contribution is 5.89. The summed E-state index contributed by atoms with van der Waals surface area (Å²) in [6, 6.07) is 7.74. The normalized spacial score (nSPS) is 23.8. The summed E-state index contributed by atoms with van der Waals surface area (Å²) in [5, 5.41) is 15.1. The number of hydrogen-bond acceptors (Lipinski definition) is 7. The number of piperidine rings is 1. The average Bonchev–Trinajstić information content (AvgIpc) is 3.37. The van der Waals surface area contributed by atoms with Gasteiger partial charge in [0.2, 0.25) is 5.91 Å². The van der Waals surface area contributed by atoms with Gasteiger partial charge in [0.05, 0.1) is 19.4 Å². The number of carbonyl (C=O) groups excluding carboxylic acids is 1.